The van der Waals surface area contributed by atoms with Gasteiger partial charge in [-0.3, -0.25) is 4.79 Å². The first-order valence-electron chi connectivity index (χ1n) is 5.95. The van der Waals surface area contributed by atoms with E-state index in [2.05, 4.69) is 5.32 Å². The van der Waals surface area contributed by atoms with E-state index < -0.39 is 5.54 Å². The van der Waals surface area contributed by atoms with Crippen LogP contribution in [0.25, 0.3) is 0 Å². The fourth-order valence-electron chi connectivity index (χ4n) is 1.33. The number of nitrogens with zero attached hydrogens (tertiary/aromatic N) is 1. The van der Waals surface area contributed by atoms with Gasteiger partial charge in [0, 0.05) is 5.56 Å². The van der Waals surface area contributed by atoms with E-state index >= 15 is 0 Å². The lowest BCUT2D eigenvalue weighted by Crippen LogP contribution is -2.42. The zero-order valence-electron chi connectivity index (χ0n) is 11.0. The van der Waals surface area contributed by atoms with Gasteiger partial charge in [-0.05, 0) is 38.5 Å². The van der Waals surface area contributed by atoms with E-state index in [1.165, 1.54) is 0 Å². The summed E-state index contributed by atoms with van der Waals surface area (Å²) in [5.74, 6) is 0.391. The predicted octanol–water partition coefficient (Wildman–Crippen LogP) is 2.51. The Kier molecular flexibility index (Phi) is 4.73. The van der Waals surface area contributed by atoms with E-state index in [0.717, 1.165) is 6.42 Å². The number of hydrogen-bond donors (Lipinski definition) is 1. The maximum Gasteiger partial charge on any atom is 0.252 e. The fraction of sp³-hybridized carbons (Fsp3) is 0.429. The molecule has 4 heteroatoms. The first-order valence-corrected chi connectivity index (χ1v) is 5.95. The lowest BCUT2D eigenvalue weighted by atomic mass is 10.1. The van der Waals surface area contributed by atoms with Gasteiger partial charge in [-0.25, -0.2) is 0 Å². The van der Waals surface area contributed by atoms with Crippen LogP contribution in [0, 0.1) is 11.3 Å². The van der Waals surface area contributed by atoms with Gasteiger partial charge in [0.2, 0.25) is 0 Å². The van der Waals surface area contributed by atoms with E-state index in [9.17, 15) is 4.79 Å². The van der Waals surface area contributed by atoms with Gasteiger partial charge >= 0.3 is 0 Å². The molecule has 0 saturated carbocycles. The van der Waals surface area contributed by atoms with Gasteiger partial charge in [-0.15, -0.1) is 0 Å². The van der Waals surface area contributed by atoms with Crippen LogP contribution in [0.5, 0.6) is 5.75 Å². The van der Waals surface area contributed by atoms with Gasteiger partial charge < -0.3 is 10.1 Å². The van der Waals surface area contributed by atoms with E-state index in [-0.39, 0.29) is 5.91 Å². The lowest BCUT2D eigenvalue weighted by Gasteiger charge is -2.17. The Hall–Kier alpha value is -2.02. The Morgan fingerprint density at radius 3 is 2.83 bits per heavy atom. The molecular weight excluding hydrogens is 228 g/mol. The van der Waals surface area contributed by atoms with Crippen LogP contribution in [-0.2, 0) is 0 Å². The highest BCUT2D eigenvalue weighted by Gasteiger charge is 2.20. The minimum atomic E-state index is -0.878. The fourth-order valence-corrected chi connectivity index (χ4v) is 1.33. The molecule has 1 rings (SSSR count). The summed E-state index contributed by atoms with van der Waals surface area (Å²) in [5.41, 5.74) is -0.385. The number of carbonyl (C=O) groups excluding carboxylic acids is 1. The minimum Gasteiger partial charge on any atom is -0.494 e. The van der Waals surface area contributed by atoms with Gasteiger partial charge in [0.15, 0.2) is 0 Å². The van der Waals surface area contributed by atoms with Gasteiger partial charge in [0.25, 0.3) is 5.91 Å². The van der Waals surface area contributed by atoms with Crippen molar-refractivity contribution in [2.24, 2.45) is 0 Å². The molecule has 1 aromatic rings. The second-order valence-corrected chi connectivity index (χ2v) is 4.57. The van der Waals surface area contributed by atoms with Crippen LogP contribution in [-0.4, -0.2) is 18.1 Å². The normalized spacial score (nSPS) is 10.6. The maximum absolute atomic E-state index is 11.9. The Morgan fingerprint density at radius 2 is 2.22 bits per heavy atom. The summed E-state index contributed by atoms with van der Waals surface area (Å²) in [6.07, 6.45) is 0.915. The molecule has 0 radical (unpaired) electrons. The standard InChI is InChI=1S/C14H18N2O2/c1-4-8-18-12-7-5-6-11(9-12)13(17)16-14(2,3)10-15/h5-7,9H,4,8H2,1-3H3,(H,16,17). The number of nitrogens with one attached hydrogen (secondary N) is 1. The van der Waals surface area contributed by atoms with Gasteiger partial charge in [0.05, 0.1) is 12.7 Å². The monoisotopic (exact) mass is 246 g/mol. The molecule has 1 amide bonds. The summed E-state index contributed by atoms with van der Waals surface area (Å²) in [4.78, 5) is 11.9. The van der Waals surface area contributed by atoms with Gasteiger partial charge in [-0.2, -0.15) is 5.26 Å². The molecule has 0 unspecified atom stereocenters. The predicted molar refractivity (Wildman–Crippen MR) is 69.4 cm³/mol. The van der Waals surface area contributed by atoms with Crippen molar-refractivity contribution in [2.75, 3.05) is 6.61 Å². The van der Waals surface area contributed by atoms with Crippen LogP contribution in [0.2, 0.25) is 0 Å². The number of amides is 1. The van der Waals surface area contributed by atoms with Crippen molar-refractivity contribution in [2.45, 2.75) is 32.7 Å². The first kappa shape index (κ1) is 14.0. The summed E-state index contributed by atoms with van der Waals surface area (Å²) >= 11 is 0. The topological polar surface area (TPSA) is 62.1 Å². The summed E-state index contributed by atoms with van der Waals surface area (Å²) < 4.78 is 5.46. The van der Waals surface area contributed by atoms with Crippen molar-refractivity contribution >= 4 is 5.91 Å². The molecule has 1 aromatic carbocycles. The average Bonchev–Trinajstić information content (AvgIpc) is 2.36. The lowest BCUT2D eigenvalue weighted by molar-refractivity contribution is 0.0929. The van der Waals surface area contributed by atoms with Gasteiger partial charge in [0.1, 0.15) is 11.3 Å². The summed E-state index contributed by atoms with van der Waals surface area (Å²) in [6.45, 7) is 5.95. The van der Waals surface area contributed by atoms with Crippen molar-refractivity contribution < 1.29 is 9.53 Å². The average molecular weight is 246 g/mol. The van der Waals surface area contributed by atoms with E-state index in [1.54, 1.807) is 32.0 Å². The second kappa shape index (κ2) is 6.06. The zero-order chi connectivity index (χ0) is 13.6. The molecule has 0 atom stereocenters. The van der Waals surface area contributed by atoms with E-state index in [1.807, 2.05) is 19.1 Å². The second-order valence-electron chi connectivity index (χ2n) is 4.57. The first-order chi connectivity index (χ1) is 8.48. The number of rotatable bonds is 5. The van der Waals surface area contributed by atoms with Crippen molar-refractivity contribution in [1.29, 1.82) is 5.26 Å². The minimum absolute atomic E-state index is 0.275. The highest BCUT2D eigenvalue weighted by Crippen LogP contribution is 2.14. The number of nitriles is 1. The molecule has 0 aromatic heterocycles. The molecule has 1 N–H and O–H groups in total. The van der Waals surface area contributed by atoms with Gasteiger partial charge in [-0.1, -0.05) is 13.0 Å². The smallest absolute Gasteiger partial charge is 0.252 e. The third kappa shape index (κ3) is 4.10. The third-order valence-corrected chi connectivity index (χ3v) is 2.27. The summed E-state index contributed by atoms with van der Waals surface area (Å²) in [7, 11) is 0. The molecule has 0 aliphatic carbocycles. The van der Waals surface area contributed by atoms with Crippen LogP contribution >= 0.6 is 0 Å². The SMILES string of the molecule is CCCOc1cccc(C(=O)NC(C)(C)C#N)c1. The number of benzene rings is 1. The highest BCUT2D eigenvalue weighted by molar-refractivity contribution is 5.95. The Labute approximate surface area is 108 Å². The molecule has 0 aliphatic rings. The molecule has 18 heavy (non-hydrogen) atoms. The Bertz CT molecular complexity index is 461. The summed E-state index contributed by atoms with van der Waals surface area (Å²) in [5, 5.41) is 11.5. The van der Waals surface area contributed by atoms with Crippen molar-refractivity contribution in [1.82, 2.24) is 5.32 Å². The Morgan fingerprint density at radius 1 is 1.50 bits per heavy atom. The molecule has 0 heterocycles. The van der Waals surface area contributed by atoms with Crippen LogP contribution in [0.15, 0.2) is 24.3 Å². The van der Waals surface area contributed by atoms with Crippen molar-refractivity contribution in [3.05, 3.63) is 29.8 Å². The Balaban J connectivity index is 2.78. The molecule has 0 spiro atoms. The van der Waals surface area contributed by atoms with Crippen LogP contribution < -0.4 is 10.1 Å². The molecule has 0 saturated heterocycles. The van der Waals surface area contributed by atoms with E-state index in [0.29, 0.717) is 17.9 Å². The summed E-state index contributed by atoms with van der Waals surface area (Å²) in [6, 6.07) is 8.97. The number of hydrogen-bond acceptors (Lipinski definition) is 3. The number of carbonyl (C=O) groups is 1. The molecule has 4 nitrogen and oxygen atoms in total. The molecular formula is C14H18N2O2. The van der Waals surface area contributed by atoms with Crippen LogP contribution in [0.3, 0.4) is 0 Å². The third-order valence-electron chi connectivity index (χ3n) is 2.27. The van der Waals surface area contributed by atoms with Crippen LogP contribution in [0.4, 0.5) is 0 Å². The molecule has 0 aliphatic heterocycles. The molecule has 96 valence electrons. The molecule has 0 bridgehead atoms. The number of ether oxygens (including phenoxy) is 1. The largest absolute Gasteiger partial charge is 0.494 e. The van der Waals surface area contributed by atoms with Crippen molar-refractivity contribution in [3.8, 4) is 11.8 Å². The quantitative estimate of drug-likeness (QED) is 0.868. The van der Waals surface area contributed by atoms with Crippen molar-refractivity contribution in [3.63, 3.8) is 0 Å². The maximum atomic E-state index is 11.9. The zero-order valence-corrected chi connectivity index (χ0v) is 11.0. The highest BCUT2D eigenvalue weighted by atomic mass is 16.5. The molecule has 0 fully saturated rings. The van der Waals surface area contributed by atoms with Crippen LogP contribution in [0.1, 0.15) is 37.6 Å². The van der Waals surface area contributed by atoms with E-state index in [4.69, 9.17) is 10.00 Å².